The summed E-state index contributed by atoms with van der Waals surface area (Å²) in [6.45, 7) is 12.9. The van der Waals surface area contributed by atoms with E-state index >= 15 is 0 Å². The number of benzene rings is 2. The predicted octanol–water partition coefficient (Wildman–Crippen LogP) is 2.21. The molecule has 3 heterocycles. The molecule has 0 radical (unpaired) electrons. The van der Waals surface area contributed by atoms with Crippen LogP contribution in [0.4, 0.5) is 0 Å². The van der Waals surface area contributed by atoms with Crippen molar-refractivity contribution in [1.29, 1.82) is 0 Å². The van der Waals surface area contributed by atoms with Crippen LogP contribution < -0.4 is 10.2 Å². The van der Waals surface area contributed by atoms with Gasteiger partial charge in [-0.3, -0.25) is 4.79 Å². The van der Waals surface area contributed by atoms with E-state index in [9.17, 15) is 55.9 Å². The fourth-order valence-corrected chi connectivity index (χ4v) is 7.39. The van der Waals surface area contributed by atoms with Gasteiger partial charge >= 0.3 is 0 Å². The highest BCUT2D eigenvalue weighted by Gasteiger charge is 2.77. The molecule has 2 aliphatic rings. The second-order valence-electron chi connectivity index (χ2n) is 16.3. The van der Waals surface area contributed by atoms with E-state index in [1.807, 2.05) is 0 Å². The van der Waals surface area contributed by atoms with Gasteiger partial charge in [0.25, 0.3) is 0 Å². The second-order valence-corrected chi connectivity index (χ2v) is 16.3. The summed E-state index contributed by atoms with van der Waals surface area (Å²) in [6, 6.07) is 5.28. The summed E-state index contributed by atoms with van der Waals surface area (Å²) >= 11 is 0. The number of rotatable bonds is 6. The van der Waals surface area contributed by atoms with Crippen LogP contribution in [0.1, 0.15) is 76.2 Å². The van der Waals surface area contributed by atoms with Crippen molar-refractivity contribution in [3.05, 3.63) is 40.6 Å². The van der Waals surface area contributed by atoms with Gasteiger partial charge in [0.2, 0.25) is 17.0 Å². The molecule has 0 amide bonds. The maximum Gasteiger partial charge on any atom is 0.240 e. The normalized spacial score (nSPS) is 41.4. The van der Waals surface area contributed by atoms with Crippen LogP contribution >= 0.6 is 0 Å². The zero-order chi connectivity index (χ0) is 40.6. The van der Waals surface area contributed by atoms with Crippen LogP contribution in [0.15, 0.2) is 39.5 Å². The zero-order valence-corrected chi connectivity index (χ0v) is 31.5. The molecule has 0 unspecified atom stereocenters. The average molecular weight is 751 g/mol. The number of fused-ring (bicyclic) bond motifs is 1. The Kier molecular flexibility index (Phi) is 8.71. The van der Waals surface area contributed by atoms with E-state index in [-0.39, 0.29) is 11.1 Å². The number of aromatic hydroxyl groups is 4. The number of hydrogen-bond acceptors (Lipinski definition) is 16. The molecule has 2 saturated heterocycles. The lowest BCUT2D eigenvalue weighted by Crippen LogP contribution is -2.86. The van der Waals surface area contributed by atoms with E-state index in [0.29, 0.717) is 0 Å². The summed E-state index contributed by atoms with van der Waals surface area (Å²) < 4.78 is 30.9. The molecule has 2 aromatic carbocycles. The molecule has 3 aromatic rings. The van der Waals surface area contributed by atoms with Crippen LogP contribution in [0, 0.1) is 0 Å². The third-order valence-electron chi connectivity index (χ3n) is 12.7. The van der Waals surface area contributed by atoms with Crippen molar-refractivity contribution in [2.45, 2.75) is 133 Å². The van der Waals surface area contributed by atoms with Crippen LogP contribution in [0.5, 0.6) is 28.7 Å². The number of ether oxygens (including phenoxy) is 4. The van der Waals surface area contributed by atoms with Gasteiger partial charge in [-0.05, 0) is 87.4 Å². The van der Waals surface area contributed by atoms with E-state index < -0.39 is 108 Å². The molecule has 10 N–H and O–H groups in total. The average Bonchev–Trinajstić information content (AvgIpc) is 3.00. The van der Waals surface area contributed by atoms with Gasteiger partial charge in [0.05, 0.1) is 12.2 Å². The van der Waals surface area contributed by atoms with Gasteiger partial charge in [-0.1, -0.05) is 0 Å². The lowest BCUT2D eigenvalue weighted by molar-refractivity contribution is -0.474. The Labute approximate surface area is 305 Å². The highest BCUT2D eigenvalue weighted by atomic mass is 16.8. The van der Waals surface area contributed by atoms with Crippen LogP contribution in [-0.4, -0.2) is 114 Å². The molecule has 0 aliphatic carbocycles. The van der Waals surface area contributed by atoms with Crippen molar-refractivity contribution >= 4 is 11.0 Å². The van der Waals surface area contributed by atoms with Gasteiger partial charge in [-0.25, -0.2) is 0 Å². The standard InChI is InChI=1S/C37H50O16/c1-28(2)30(4,43)32(6,45)34(8,47)36(10,52-28)49-17-29(3)31(5,44)33(7,46)35(9,48)37(11,53-29)51-27-25(42)24-22(41)15-19(38)16-23(24)50-26(27)18-12-13-20(39)21(40)14-18/h12-16,38-41,43-48H,17H2,1-11H3/t29-,30-,31+,32+,33-,34+,35+,36-,37+/m0/s1. The van der Waals surface area contributed by atoms with Crippen LogP contribution in [0.2, 0.25) is 0 Å². The molecule has 2 aliphatic heterocycles. The Hall–Kier alpha value is -3.71. The highest BCUT2D eigenvalue weighted by Crippen LogP contribution is 2.57. The Morgan fingerprint density at radius 3 is 1.72 bits per heavy atom. The number of hydrogen-bond donors (Lipinski definition) is 10. The molecular weight excluding hydrogens is 700 g/mol. The Morgan fingerprint density at radius 1 is 0.604 bits per heavy atom. The molecule has 1 aromatic heterocycles. The van der Waals surface area contributed by atoms with Gasteiger partial charge in [0.15, 0.2) is 28.6 Å². The summed E-state index contributed by atoms with van der Waals surface area (Å²) in [6.07, 6.45) is 0. The molecule has 2 fully saturated rings. The predicted molar refractivity (Wildman–Crippen MR) is 186 cm³/mol. The van der Waals surface area contributed by atoms with Crippen molar-refractivity contribution < 1.29 is 74.4 Å². The smallest absolute Gasteiger partial charge is 0.240 e. The molecule has 294 valence electrons. The minimum Gasteiger partial charge on any atom is -0.508 e. The fraction of sp³-hybridized carbons (Fsp3) is 0.595. The van der Waals surface area contributed by atoms with Gasteiger partial charge in [-0.2, -0.15) is 0 Å². The lowest BCUT2D eigenvalue weighted by Gasteiger charge is -2.66. The van der Waals surface area contributed by atoms with E-state index in [0.717, 1.165) is 52.0 Å². The number of aliphatic hydroxyl groups is 6. The quantitative estimate of drug-likeness (QED) is 0.162. The minimum absolute atomic E-state index is 0.0591. The van der Waals surface area contributed by atoms with Crippen molar-refractivity contribution in [1.82, 2.24) is 0 Å². The van der Waals surface area contributed by atoms with Crippen LogP contribution in [0.25, 0.3) is 22.3 Å². The Bertz CT molecular complexity index is 2020. The summed E-state index contributed by atoms with van der Waals surface area (Å²) in [5.74, 6) is -8.18. The SMILES string of the molecule is CC1(C)O[C@](C)(OC[C@]2(C)O[C@@](C)(Oc3c(-c4ccc(O)c(O)c4)oc4cc(O)cc(O)c4c3=O)[C@](C)(O)[C@@](C)(O)[C@]2(C)O)[C@](C)(O)[C@](C)(O)[C@@]1(C)O. The number of phenolic OH excluding ortho intramolecular Hbond substituents is 4. The molecule has 0 saturated carbocycles. The van der Waals surface area contributed by atoms with Gasteiger partial charge in [0, 0.05) is 24.6 Å². The van der Waals surface area contributed by atoms with E-state index in [1.54, 1.807) is 0 Å². The summed E-state index contributed by atoms with van der Waals surface area (Å²) in [5, 5.41) is 112. The molecule has 0 spiro atoms. The van der Waals surface area contributed by atoms with Crippen molar-refractivity contribution in [3.63, 3.8) is 0 Å². The molecular formula is C37H50O16. The molecule has 16 heteroatoms. The van der Waals surface area contributed by atoms with E-state index in [1.165, 1.54) is 54.5 Å². The third-order valence-corrected chi connectivity index (χ3v) is 12.7. The fourth-order valence-electron chi connectivity index (χ4n) is 7.39. The summed E-state index contributed by atoms with van der Waals surface area (Å²) in [7, 11) is 0. The largest absolute Gasteiger partial charge is 0.508 e. The maximum atomic E-state index is 14.2. The minimum atomic E-state index is -2.63. The lowest BCUT2D eigenvalue weighted by atomic mass is 9.60. The highest BCUT2D eigenvalue weighted by molar-refractivity contribution is 5.88. The van der Waals surface area contributed by atoms with E-state index in [4.69, 9.17) is 23.4 Å². The Balaban J connectivity index is 1.68. The van der Waals surface area contributed by atoms with Crippen molar-refractivity contribution in [3.8, 4) is 40.1 Å². The van der Waals surface area contributed by atoms with Crippen LogP contribution in [-0.2, 0) is 14.2 Å². The first-order valence-corrected chi connectivity index (χ1v) is 16.8. The van der Waals surface area contributed by atoms with Crippen molar-refractivity contribution in [2.24, 2.45) is 0 Å². The van der Waals surface area contributed by atoms with Gasteiger partial charge < -0.3 is 74.4 Å². The third kappa shape index (κ3) is 5.18. The molecule has 0 bridgehead atoms. The first kappa shape index (κ1) is 40.5. The molecule has 9 atom stereocenters. The maximum absolute atomic E-state index is 14.2. The molecule has 53 heavy (non-hydrogen) atoms. The van der Waals surface area contributed by atoms with Crippen molar-refractivity contribution in [2.75, 3.05) is 6.61 Å². The number of phenols is 4. The monoisotopic (exact) mass is 750 g/mol. The molecule has 16 nitrogen and oxygen atoms in total. The van der Waals surface area contributed by atoms with Crippen LogP contribution in [0.3, 0.4) is 0 Å². The first-order valence-electron chi connectivity index (χ1n) is 16.8. The molecule has 5 rings (SSSR count). The zero-order valence-electron chi connectivity index (χ0n) is 31.5. The Morgan fingerprint density at radius 2 is 1.15 bits per heavy atom. The van der Waals surface area contributed by atoms with Gasteiger partial charge in [0.1, 0.15) is 56.1 Å². The first-order chi connectivity index (χ1) is 23.7. The topological polar surface area (TPSA) is 269 Å². The van der Waals surface area contributed by atoms with E-state index in [2.05, 4.69) is 0 Å². The summed E-state index contributed by atoms with van der Waals surface area (Å²) in [5.41, 5.74) is -19.5. The van der Waals surface area contributed by atoms with Gasteiger partial charge in [-0.15, -0.1) is 0 Å². The second kappa shape index (κ2) is 11.4. The summed E-state index contributed by atoms with van der Waals surface area (Å²) in [4.78, 5) is 14.2.